The van der Waals surface area contributed by atoms with Gasteiger partial charge in [-0.25, -0.2) is 0 Å². The van der Waals surface area contributed by atoms with Crippen molar-refractivity contribution < 1.29 is 9.21 Å². The number of benzene rings is 2. The molecule has 1 amide bonds. The minimum Gasteiger partial charge on any atom is -0.467 e. The summed E-state index contributed by atoms with van der Waals surface area (Å²) in [4.78, 5) is 12.5. The topological polar surface area (TPSA) is 80.1 Å². The minimum atomic E-state index is -0.294. The standard InChI is InChI=1S/C20H18N4O2S2/c1-13(18(25)22-16-9-8-14-5-2-3-6-15(14)11-16)27-20-24-23-19(28-20)21-12-17-7-4-10-26-17/h2-11,13H,12H2,1H3,(H,21,23)(H,22,25)/t13-/m1/s1. The minimum absolute atomic E-state index is 0.0689. The molecule has 2 aromatic heterocycles. The van der Waals surface area contributed by atoms with Gasteiger partial charge in [0, 0.05) is 5.69 Å². The molecule has 0 fully saturated rings. The highest BCUT2D eigenvalue weighted by Crippen LogP contribution is 2.30. The predicted molar refractivity (Wildman–Crippen MR) is 114 cm³/mol. The third-order valence-electron chi connectivity index (χ3n) is 4.06. The van der Waals surface area contributed by atoms with Gasteiger partial charge in [-0.2, -0.15) is 0 Å². The van der Waals surface area contributed by atoms with Crippen LogP contribution in [0.15, 0.2) is 69.6 Å². The van der Waals surface area contributed by atoms with Crippen LogP contribution in [0.25, 0.3) is 10.8 Å². The Kier molecular flexibility index (Phi) is 5.59. The Bertz CT molecular complexity index is 1080. The Balaban J connectivity index is 1.33. The van der Waals surface area contributed by atoms with Gasteiger partial charge in [-0.05, 0) is 42.0 Å². The van der Waals surface area contributed by atoms with Gasteiger partial charge in [0.25, 0.3) is 0 Å². The predicted octanol–water partition coefficient (Wildman–Crippen LogP) is 5.02. The van der Waals surface area contributed by atoms with E-state index in [2.05, 4.69) is 20.8 Å². The Morgan fingerprint density at radius 1 is 1.14 bits per heavy atom. The van der Waals surface area contributed by atoms with Gasteiger partial charge >= 0.3 is 0 Å². The van der Waals surface area contributed by atoms with E-state index in [1.807, 2.05) is 61.5 Å². The van der Waals surface area contributed by atoms with Crippen molar-refractivity contribution in [3.8, 4) is 0 Å². The molecule has 2 heterocycles. The number of hydrogen-bond acceptors (Lipinski definition) is 7. The summed E-state index contributed by atoms with van der Waals surface area (Å²) in [6, 6.07) is 17.7. The number of hydrogen-bond donors (Lipinski definition) is 2. The first-order chi connectivity index (χ1) is 13.7. The van der Waals surface area contributed by atoms with Crippen molar-refractivity contribution in [2.75, 3.05) is 10.6 Å². The van der Waals surface area contributed by atoms with Gasteiger partial charge in [-0.15, -0.1) is 10.2 Å². The summed E-state index contributed by atoms with van der Waals surface area (Å²) in [6.45, 7) is 2.41. The molecule has 2 N–H and O–H groups in total. The van der Waals surface area contributed by atoms with Crippen LogP contribution < -0.4 is 10.6 Å². The molecule has 2 aromatic carbocycles. The summed E-state index contributed by atoms with van der Waals surface area (Å²) in [5.74, 6) is 0.758. The number of furan rings is 1. The highest BCUT2D eigenvalue weighted by molar-refractivity contribution is 8.02. The van der Waals surface area contributed by atoms with Gasteiger partial charge in [0.2, 0.25) is 11.0 Å². The quantitative estimate of drug-likeness (QED) is 0.417. The molecule has 0 radical (unpaired) electrons. The first kappa shape index (κ1) is 18.5. The number of anilines is 2. The van der Waals surface area contributed by atoms with Crippen LogP contribution in [0.1, 0.15) is 12.7 Å². The third kappa shape index (κ3) is 4.52. The Morgan fingerprint density at radius 2 is 2.00 bits per heavy atom. The first-order valence-corrected chi connectivity index (χ1v) is 10.4. The zero-order chi connectivity index (χ0) is 19.3. The van der Waals surface area contributed by atoms with E-state index < -0.39 is 0 Å². The van der Waals surface area contributed by atoms with Crippen LogP contribution in [0.3, 0.4) is 0 Å². The number of nitrogens with zero attached hydrogens (tertiary/aromatic N) is 2. The number of carbonyl (C=O) groups is 1. The largest absolute Gasteiger partial charge is 0.467 e. The van der Waals surface area contributed by atoms with Crippen LogP contribution in [0.5, 0.6) is 0 Å². The average molecular weight is 411 g/mol. The van der Waals surface area contributed by atoms with Gasteiger partial charge in [0.05, 0.1) is 18.1 Å². The summed E-state index contributed by atoms with van der Waals surface area (Å²) >= 11 is 2.80. The van der Waals surface area contributed by atoms with Gasteiger partial charge in [0.1, 0.15) is 5.76 Å². The molecular weight excluding hydrogens is 392 g/mol. The normalized spacial score (nSPS) is 12.0. The number of aromatic nitrogens is 2. The molecule has 0 unspecified atom stereocenters. The molecule has 0 aliphatic heterocycles. The third-order valence-corrected chi connectivity index (χ3v) is 6.13. The number of thioether (sulfide) groups is 1. The second-order valence-electron chi connectivity index (χ2n) is 6.12. The fraction of sp³-hybridized carbons (Fsp3) is 0.150. The average Bonchev–Trinajstić information content (AvgIpc) is 3.38. The van der Waals surface area contributed by atoms with Crippen LogP contribution in [-0.4, -0.2) is 21.4 Å². The Hall–Kier alpha value is -2.84. The van der Waals surface area contributed by atoms with Crippen molar-refractivity contribution in [2.24, 2.45) is 0 Å². The van der Waals surface area contributed by atoms with Gasteiger partial charge < -0.3 is 15.1 Å². The van der Waals surface area contributed by atoms with Crippen LogP contribution >= 0.6 is 23.1 Å². The van der Waals surface area contributed by atoms with Crippen LogP contribution in [-0.2, 0) is 11.3 Å². The van der Waals surface area contributed by atoms with Crippen molar-refractivity contribution in [1.82, 2.24) is 10.2 Å². The van der Waals surface area contributed by atoms with Crippen LogP contribution in [0.2, 0.25) is 0 Å². The van der Waals surface area contributed by atoms with Gasteiger partial charge in [0.15, 0.2) is 4.34 Å². The first-order valence-electron chi connectivity index (χ1n) is 8.73. The zero-order valence-electron chi connectivity index (χ0n) is 15.1. The zero-order valence-corrected chi connectivity index (χ0v) is 16.7. The molecule has 28 heavy (non-hydrogen) atoms. The maximum absolute atomic E-state index is 12.5. The molecule has 0 saturated carbocycles. The summed E-state index contributed by atoms with van der Waals surface area (Å²) in [5, 5.41) is 17.0. The summed E-state index contributed by atoms with van der Waals surface area (Å²) in [5.41, 5.74) is 0.786. The molecule has 4 aromatic rings. The summed E-state index contributed by atoms with van der Waals surface area (Å²) in [7, 11) is 0. The Labute approximate surface area is 170 Å². The van der Waals surface area contributed by atoms with Crippen molar-refractivity contribution in [2.45, 2.75) is 23.1 Å². The molecule has 1 atom stereocenters. The number of carbonyl (C=O) groups excluding carboxylic acids is 1. The molecule has 0 bridgehead atoms. The highest BCUT2D eigenvalue weighted by atomic mass is 32.2. The molecular formula is C20H18N4O2S2. The van der Waals surface area contributed by atoms with E-state index in [9.17, 15) is 4.79 Å². The van der Waals surface area contributed by atoms with Crippen LogP contribution in [0.4, 0.5) is 10.8 Å². The van der Waals surface area contributed by atoms with Crippen molar-refractivity contribution in [3.05, 3.63) is 66.6 Å². The van der Waals surface area contributed by atoms with E-state index in [1.54, 1.807) is 6.26 Å². The fourth-order valence-corrected chi connectivity index (χ4v) is 4.51. The summed E-state index contributed by atoms with van der Waals surface area (Å²) < 4.78 is 6.02. The van der Waals surface area contributed by atoms with Crippen molar-refractivity contribution >= 4 is 50.6 Å². The van der Waals surface area contributed by atoms with E-state index in [4.69, 9.17) is 4.42 Å². The lowest BCUT2D eigenvalue weighted by Crippen LogP contribution is -2.22. The molecule has 4 rings (SSSR count). The molecule has 0 spiro atoms. The maximum Gasteiger partial charge on any atom is 0.237 e. The van der Waals surface area contributed by atoms with E-state index in [-0.39, 0.29) is 11.2 Å². The molecule has 6 nitrogen and oxygen atoms in total. The molecule has 142 valence electrons. The molecule has 0 saturated heterocycles. The SMILES string of the molecule is C[C@@H](Sc1nnc(NCc2ccco2)s1)C(=O)Nc1ccc2ccccc2c1. The second kappa shape index (κ2) is 8.45. The summed E-state index contributed by atoms with van der Waals surface area (Å²) in [6.07, 6.45) is 1.63. The smallest absolute Gasteiger partial charge is 0.237 e. The monoisotopic (exact) mass is 410 g/mol. The molecule has 0 aliphatic carbocycles. The van der Waals surface area contributed by atoms with E-state index >= 15 is 0 Å². The second-order valence-corrected chi connectivity index (χ2v) is 8.68. The lowest BCUT2D eigenvalue weighted by atomic mass is 10.1. The molecule has 0 aliphatic rings. The number of fused-ring (bicyclic) bond motifs is 1. The van der Waals surface area contributed by atoms with Gasteiger partial charge in [-0.3, -0.25) is 4.79 Å². The number of nitrogens with one attached hydrogen (secondary N) is 2. The van der Waals surface area contributed by atoms with Crippen LogP contribution in [0, 0.1) is 0 Å². The van der Waals surface area contributed by atoms with E-state index in [1.165, 1.54) is 23.1 Å². The van der Waals surface area contributed by atoms with E-state index in [0.29, 0.717) is 11.7 Å². The lowest BCUT2D eigenvalue weighted by molar-refractivity contribution is -0.115. The lowest BCUT2D eigenvalue weighted by Gasteiger charge is -2.11. The van der Waals surface area contributed by atoms with Crippen molar-refractivity contribution in [1.29, 1.82) is 0 Å². The number of amides is 1. The maximum atomic E-state index is 12.5. The van der Waals surface area contributed by atoms with Crippen molar-refractivity contribution in [3.63, 3.8) is 0 Å². The highest BCUT2D eigenvalue weighted by Gasteiger charge is 2.17. The number of rotatable bonds is 7. The molecule has 8 heteroatoms. The fourth-order valence-electron chi connectivity index (χ4n) is 2.62. The Morgan fingerprint density at radius 3 is 2.82 bits per heavy atom. The van der Waals surface area contributed by atoms with E-state index in [0.717, 1.165) is 26.6 Å². The van der Waals surface area contributed by atoms with Gasteiger partial charge in [-0.1, -0.05) is 53.4 Å².